The highest BCUT2D eigenvalue weighted by Gasteiger charge is 2.29. The van der Waals surface area contributed by atoms with Gasteiger partial charge in [0.2, 0.25) is 5.52 Å². The van der Waals surface area contributed by atoms with Crippen molar-refractivity contribution in [1.29, 1.82) is 0 Å². The summed E-state index contributed by atoms with van der Waals surface area (Å²) in [6.07, 6.45) is 9.32. The van der Waals surface area contributed by atoms with Gasteiger partial charge in [0, 0.05) is 30.0 Å². The molecule has 2 heterocycles. The van der Waals surface area contributed by atoms with E-state index in [9.17, 15) is 13.0 Å². The molecule has 0 radical (unpaired) electrons. The summed E-state index contributed by atoms with van der Waals surface area (Å²) in [4.78, 5) is 3.69. The largest absolute Gasteiger partial charge is 0.870 e. The van der Waals surface area contributed by atoms with Crippen LogP contribution in [0.4, 0.5) is 5.69 Å². The third-order valence-electron chi connectivity index (χ3n) is 6.73. The number of aromatic nitrogens is 1. The van der Waals surface area contributed by atoms with Crippen molar-refractivity contribution in [2.45, 2.75) is 51.5 Å². The number of hydrogen-bond donors (Lipinski definition) is 1. The van der Waals surface area contributed by atoms with Crippen LogP contribution in [-0.2, 0) is 16.7 Å². The summed E-state index contributed by atoms with van der Waals surface area (Å²) in [7, 11) is -3.98. The van der Waals surface area contributed by atoms with Crippen LogP contribution in [0.15, 0.2) is 81.8 Å². The fourth-order valence-electron chi connectivity index (χ4n) is 5.29. The first-order valence-electron chi connectivity index (χ1n) is 12.7. The second-order valence-electron chi connectivity index (χ2n) is 10.5. The lowest BCUT2D eigenvalue weighted by Gasteiger charge is -2.31. The number of hydrogen-bond acceptors (Lipinski definition) is 6. The van der Waals surface area contributed by atoms with E-state index in [1.807, 2.05) is 23.9 Å². The zero-order valence-electron chi connectivity index (χ0n) is 21.9. The van der Waals surface area contributed by atoms with Crippen molar-refractivity contribution in [3.8, 4) is 0 Å². The molecule has 0 unspecified atom stereocenters. The van der Waals surface area contributed by atoms with Crippen LogP contribution in [0.2, 0.25) is 0 Å². The number of allylic oxidation sites excluding steroid dienone is 4. The zero-order valence-corrected chi connectivity index (χ0v) is 24.4. The van der Waals surface area contributed by atoms with Crippen molar-refractivity contribution in [3.63, 3.8) is 0 Å². The minimum absolute atomic E-state index is 0. The molecule has 5 rings (SSSR count). The van der Waals surface area contributed by atoms with E-state index in [4.69, 9.17) is 0 Å². The lowest BCUT2D eigenvalue weighted by Crippen LogP contribution is -2.36. The van der Waals surface area contributed by atoms with Crippen LogP contribution in [0, 0.1) is 5.41 Å². The molecule has 2 N–H and O–H groups in total. The second kappa shape index (κ2) is 11.4. The van der Waals surface area contributed by atoms with E-state index in [1.54, 1.807) is 11.3 Å². The Hall–Kier alpha value is -2.43. The maximum absolute atomic E-state index is 11.3. The van der Waals surface area contributed by atoms with E-state index in [-0.39, 0.29) is 16.6 Å². The molecule has 0 spiro atoms. The SMILES string of the molecule is CCN1C(=CC2=CC(=Cc3sc4ccccc4[n+]3CCCS(=O)(=O)O)CC(C)(C)C2)Sc2ccccc21.[OH-]. The number of rotatable bonds is 7. The summed E-state index contributed by atoms with van der Waals surface area (Å²) >= 11 is 3.56. The Bertz CT molecular complexity index is 1530. The monoisotopic (exact) mass is 570 g/mol. The summed E-state index contributed by atoms with van der Waals surface area (Å²) in [6.45, 7) is 8.31. The molecular formula is C29H34N2O4S3. The molecular weight excluding hydrogens is 537 g/mol. The third kappa shape index (κ3) is 6.40. The molecule has 0 saturated carbocycles. The Morgan fingerprint density at radius 3 is 2.58 bits per heavy atom. The maximum Gasteiger partial charge on any atom is 0.265 e. The number of anilines is 1. The van der Waals surface area contributed by atoms with Gasteiger partial charge in [-0.05, 0) is 60.6 Å². The van der Waals surface area contributed by atoms with Gasteiger partial charge < -0.3 is 10.4 Å². The quantitative estimate of drug-likeness (QED) is 0.246. The van der Waals surface area contributed by atoms with Gasteiger partial charge in [-0.25, -0.2) is 0 Å². The van der Waals surface area contributed by atoms with E-state index >= 15 is 0 Å². The van der Waals surface area contributed by atoms with Crippen LogP contribution in [0.3, 0.4) is 0 Å². The Morgan fingerprint density at radius 1 is 1.08 bits per heavy atom. The Morgan fingerprint density at radius 2 is 1.82 bits per heavy atom. The topological polar surface area (TPSA) is 91.5 Å². The highest BCUT2D eigenvalue weighted by atomic mass is 32.2. The van der Waals surface area contributed by atoms with Crippen molar-refractivity contribution in [3.05, 3.63) is 81.9 Å². The normalized spacial score (nSPS) is 19.1. The molecule has 0 amide bonds. The number of thiazole rings is 1. The van der Waals surface area contributed by atoms with Gasteiger partial charge >= 0.3 is 0 Å². The van der Waals surface area contributed by atoms with Gasteiger partial charge in [0.25, 0.3) is 15.1 Å². The van der Waals surface area contributed by atoms with E-state index in [0.29, 0.717) is 13.0 Å². The first kappa shape index (κ1) is 28.6. The van der Waals surface area contributed by atoms with Crippen LogP contribution >= 0.6 is 23.1 Å². The fraction of sp³-hybridized carbons (Fsp3) is 0.345. The molecule has 0 saturated heterocycles. The number of thioether (sulfide) groups is 1. The van der Waals surface area contributed by atoms with Gasteiger partial charge in [0.1, 0.15) is 4.70 Å². The standard InChI is InChI=1S/C29H32N2O3S3.H2O/c1-4-30-23-10-5-7-12-25(23)35-27(30)17-21-16-22(20-29(2,3)19-21)18-28-31(14-9-15-37(32,33)34)24-11-6-8-13-26(24)36-28;/h5-8,10-13,16-18H,4,9,14-15,19-20H2,1-3H3;1H2. The van der Waals surface area contributed by atoms with Gasteiger partial charge in [-0.1, -0.05) is 67.3 Å². The molecule has 2 aromatic carbocycles. The zero-order chi connectivity index (χ0) is 26.2. The van der Waals surface area contributed by atoms with Crippen LogP contribution < -0.4 is 9.47 Å². The van der Waals surface area contributed by atoms with Crippen LogP contribution in [0.25, 0.3) is 16.3 Å². The summed E-state index contributed by atoms with van der Waals surface area (Å²) in [5.41, 5.74) is 5.11. The minimum Gasteiger partial charge on any atom is -0.870 e. The molecule has 3 aromatic rings. The van der Waals surface area contributed by atoms with E-state index in [2.05, 4.69) is 84.9 Å². The molecule has 38 heavy (non-hydrogen) atoms. The predicted octanol–water partition coefficient (Wildman–Crippen LogP) is 6.89. The average molecular weight is 571 g/mol. The van der Waals surface area contributed by atoms with Crippen LogP contribution in [0.1, 0.15) is 45.0 Å². The third-order valence-corrected chi connectivity index (χ3v) is 9.76. The maximum atomic E-state index is 11.3. The first-order valence-corrected chi connectivity index (χ1v) is 15.9. The van der Waals surface area contributed by atoms with E-state index < -0.39 is 10.1 Å². The van der Waals surface area contributed by atoms with Gasteiger partial charge in [0.15, 0.2) is 6.54 Å². The summed E-state index contributed by atoms with van der Waals surface area (Å²) in [5, 5.41) is 2.37. The number of nitrogens with zero attached hydrogens (tertiary/aromatic N) is 2. The fourth-order valence-corrected chi connectivity index (χ4v) is 8.15. The van der Waals surface area contributed by atoms with Crippen LogP contribution in [-0.4, -0.2) is 30.7 Å². The van der Waals surface area contributed by atoms with Crippen molar-refractivity contribution in [2.24, 2.45) is 5.41 Å². The Balaban J connectivity index is 0.00000336. The summed E-state index contributed by atoms with van der Waals surface area (Å²) in [6, 6.07) is 16.8. The highest BCUT2D eigenvalue weighted by Crippen LogP contribution is 2.47. The molecule has 2 aliphatic rings. The number of para-hydroxylation sites is 2. The number of benzene rings is 2. The van der Waals surface area contributed by atoms with E-state index in [0.717, 1.165) is 29.9 Å². The highest BCUT2D eigenvalue weighted by molar-refractivity contribution is 8.03. The van der Waals surface area contributed by atoms with Crippen molar-refractivity contribution in [2.75, 3.05) is 17.2 Å². The molecule has 0 bridgehead atoms. The molecule has 0 fully saturated rings. The van der Waals surface area contributed by atoms with Gasteiger partial charge in [0.05, 0.1) is 16.5 Å². The molecule has 1 aliphatic carbocycles. The van der Waals surface area contributed by atoms with Gasteiger partial charge in [-0.2, -0.15) is 13.0 Å². The van der Waals surface area contributed by atoms with Crippen molar-refractivity contribution >= 4 is 55.2 Å². The summed E-state index contributed by atoms with van der Waals surface area (Å²) < 4.78 is 35.2. The van der Waals surface area contributed by atoms with Gasteiger partial charge in [-0.15, -0.1) is 0 Å². The summed E-state index contributed by atoms with van der Waals surface area (Å²) in [5.74, 6) is -0.237. The van der Waals surface area contributed by atoms with Crippen LogP contribution in [0.5, 0.6) is 0 Å². The molecule has 9 heteroatoms. The van der Waals surface area contributed by atoms with Crippen molar-refractivity contribution in [1.82, 2.24) is 0 Å². The average Bonchev–Trinajstić information content (AvgIpc) is 3.34. The second-order valence-corrected chi connectivity index (χ2v) is 14.1. The minimum atomic E-state index is -3.98. The molecule has 1 aromatic heterocycles. The lowest BCUT2D eigenvalue weighted by atomic mass is 9.75. The predicted molar refractivity (Wildman–Crippen MR) is 157 cm³/mol. The van der Waals surface area contributed by atoms with E-state index in [1.165, 1.54) is 31.5 Å². The first-order chi connectivity index (χ1) is 17.6. The van der Waals surface area contributed by atoms with Crippen molar-refractivity contribution < 1.29 is 23.0 Å². The Labute approximate surface area is 233 Å². The van der Waals surface area contributed by atoms with Gasteiger partial charge in [-0.3, -0.25) is 4.55 Å². The molecule has 0 atom stereocenters. The molecule has 1 aliphatic heterocycles. The molecule has 6 nitrogen and oxygen atoms in total. The number of fused-ring (bicyclic) bond motifs is 2. The Kier molecular flexibility index (Phi) is 8.54. The molecule has 202 valence electrons. The lowest BCUT2D eigenvalue weighted by molar-refractivity contribution is -0.668. The smallest absolute Gasteiger partial charge is 0.265 e. The number of aryl methyl sites for hydroxylation is 1.